The Morgan fingerprint density at radius 2 is 2.27 bits per heavy atom. The molecule has 1 atom stereocenters. The zero-order valence-electron chi connectivity index (χ0n) is 9.69. The second-order valence-corrected chi connectivity index (χ2v) is 4.68. The van der Waals surface area contributed by atoms with Crippen LogP contribution in [0.5, 0.6) is 0 Å². The van der Waals surface area contributed by atoms with Crippen molar-refractivity contribution in [1.82, 2.24) is 9.88 Å². The molecule has 1 unspecified atom stereocenters. The van der Waals surface area contributed by atoms with Crippen LogP contribution in [0.1, 0.15) is 38.3 Å². The Bertz CT molecular complexity index is 295. The third kappa shape index (κ3) is 2.57. The van der Waals surface area contributed by atoms with Gasteiger partial charge in [0.15, 0.2) is 0 Å². The van der Waals surface area contributed by atoms with Crippen LogP contribution in [0.3, 0.4) is 0 Å². The number of pyridine rings is 1. The van der Waals surface area contributed by atoms with E-state index < -0.39 is 0 Å². The molecule has 15 heavy (non-hydrogen) atoms. The van der Waals surface area contributed by atoms with E-state index in [1.165, 1.54) is 31.6 Å². The van der Waals surface area contributed by atoms with Crippen molar-refractivity contribution in [2.75, 3.05) is 13.1 Å². The Morgan fingerprint density at radius 1 is 1.40 bits per heavy atom. The van der Waals surface area contributed by atoms with Crippen LogP contribution in [0.2, 0.25) is 0 Å². The van der Waals surface area contributed by atoms with Gasteiger partial charge in [0.1, 0.15) is 0 Å². The summed E-state index contributed by atoms with van der Waals surface area (Å²) >= 11 is 0. The number of aromatic nitrogens is 1. The number of rotatable bonds is 2. The molecule has 0 radical (unpaired) electrons. The summed E-state index contributed by atoms with van der Waals surface area (Å²) in [5, 5.41) is 0. The van der Waals surface area contributed by atoms with Gasteiger partial charge in [-0.15, -0.1) is 0 Å². The van der Waals surface area contributed by atoms with Crippen molar-refractivity contribution in [2.24, 2.45) is 0 Å². The van der Waals surface area contributed by atoms with Gasteiger partial charge in [-0.2, -0.15) is 0 Å². The van der Waals surface area contributed by atoms with E-state index in [1.807, 2.05) is 12.3 Å². The van der Waals surface area contributed by atoms with Crippen LogP contribution in [0, 0.1) is 0 Å². The van der Waals surface area contributed by atoms with E-state index in [2.05, 4.69) is 35.9 Å². The molecule has 0 saturated carbocycles. The summed E-state index contributed by atoms with van der Waals surface area (Å²) in [6, 6.07) is 6.91. The Kier molecular flexibility index (Phi) is 3.37. The first-order valence-electron chi connectivity index (χ1n) is 5.92. The quantitative estimate of drug-likeness (QED) is 0.736. The van der Waals surface area contributed by atoms with Crippen LogP contribution >= 0.6 is 0 Å². The van der Waals surface area contributed by atoms with Gasteiger partial charge in [-0.25, -0.2) is 0 Å². The average molecular weight is 204 g/mol. The highest BCUT2D eigenvalue weighted by atomic mass is 15.2. The normalized spacial score (nSPS) is 23.3. The van der Waals surface area contributed by atoms with Crippen LogP contribution in [-0.4, -0.2) is 29.0 Å². The summed E-state index contributed by atoms with van der Waals surface area (Å²) in [4.78, 5) is 7.03. The molecular formula is C13H20N2. The smallest absolute Gasteiger partial charge is 0.0447 e. The predicted molar refractivity (Wildman–Crippen MR) is 62.9 cm³/mol. The zero-order valence-corrected chi connectivity index (χ0v) is 9.69. The molecule has 1 aromatic heterocycles. The number of hydrogen-bond donors (Lipinski definition) is 0. The molecule has 2 rings (SSSR count). The molecule has 0 aromatic carbocycles. The predicted octanol–water partition coefficient (Wildman–Crippen LogP) is 2.67. The Balaban J connectivity index is 2.05. The minimum atomic E-state index is 0.641. The van der Waals surface area contributed by atoms with Crippen LogP contribution in [0.4, 0.5) is 0 Å². The number of hydrogen-bond acceptors (Lipinski definition) is 2. The molecule has 1 aromatic rings. The number of piperidine rings is 1. The molecule has 0 N–H and O–H groups in total. The minimum Gasteiger partial charge on any atom is -0.300 e. The third-order valence-corrected chi connectivity index (χ3v) is 3.29. The maximum absolute atomic E-state index is 4.47. The van der Waals surface area contributed by atoms with E-state index in [9.17, 15) is 0 Å². The maximum atomic E-state index is 4.47. The first-order chi connectivity index (χ1) is 7.27. The largest absolute Gasteiger partial charge is 0.300 e. The Hall–Kier alpha value is -0.890. The highest BCUT2D eigenvalue weighted by Gasteiger charge is 2.23. The summed E-state index contributed by atoms with van der Waals surface area (Å²) in [7, 11) is 0. The van der Waals surface area contributed by atoms with Gasteiger partial charge in [-0.3, -0.25) is 4.98 Å². The van der Waals surface area contributed by atoms with Crippen molar-refractivity contribution in [3.63, 3.8) is 0 Å². The van der Waals surface area contributed by atoms with Gasteiger partial charge in [0, 0.05) is 30.4 Å². The van der Waals surface area contributed by atoms with Crippen molar-refractivity contribution >= 4 is 0 Å². The first kappa shape index (κ1) is 10.6. The lowest BCUT2D eigenvalue weighted by Gasteiger charge is -2.35. The van der Waals surface area contributed by atoms with Crippen molar-refractivity contribution in [2.45, 2.75) is 38.6 Å². The molecule has 1 saturated heterocycles. The van der Waals surface area contributed by atoms with E-state index in [4.69, 9.17) is 0 Å². The summed E-state index contributed by atoms with van der Waals surface area (Å²) in [6.45, 7) is 6.98. The molecule has 2 heteroatoms. The standard InChI is InChI=1S/C13H20N2/c1-11(2)15-9-5-6-12(10-15)13-7-3-4-8-14-13/h3-4,7-8,11-12H,5-6,9-10H2,1-2H3. The lowest BCUT2D eigenvalue weighted by Crippen LogP contribution is -2.39. The van der Waals surface area contributed by atoms with Crippen LogP contribution in [-0.2, 0) is 0 Å². The van der Waals surface area contributed by atoms with Crippen molar-refractivity contribution in [3.8, 4) is 0 Å². The molecule has 0 amide bonds. The first-order valence-corrected chi connectivity index (χ1v) is 5.92. The fraction of sp³-hybridized carbons (Fsp3) is 0.615. The summed E-state index contributed by atoms with van der Waals surface area (Å²) in [6.07, 6.45) is 4.50. The summed E-state index contributed by atoms with van der Waals surface area (Å²) < 4.78 is 0. The van der Waals surface area contributed by atoms with Gasteiger partial charge in [0.2, 0.25) is 0 Å². The SMILES string of the molecule is CC(C)N1CCCC(c2ccccn2)C1. The van der Waals surface area contributed by atoms with Crippen molar-refractivity contribution < 1.29 is 0 Å². The van der Waals surface area contributed by atoms with E-state index >= 15 is 0 Å². The van der Waals surface area contributed by atoms with E-state index in [0.717, 1.165) is 0 Å². The van der Waals surface area contributed by atoms with Crippen molar-refractivity contribution in [1.29, 1.82) is 0 Å². The molecule has 82 valence electrons. The van der Waals surface area contributed by atoms with Gasteiger partial charge < -0.3 is 4.90 Å². The van der Waals surface area contributed by atoms with Gasteiger partial charge >= 0.3 is 0 Å². The van der Waals surface area contributed by atoms with Crippen LogP contribution in [0.15, 0.2) is 24.4 Å². The number of nitrogens with zero attached hydrogens (tertiary/aromatic N) is 2. The fourth-order valence-electron chi connectivity index (χ4n) is 2.33. The fourth-order valence-corrected chi connectivity index (χ4v) is 2.33. The van der Waals surface area contributed by atoms with Gasteiger partial charge in [-0.1, -0.05) is 6.07 Å². The molecule has 0 aliphatic carbocycles. The van der Waals surface area contributed by atoms with Crippen LogP contribution < -0.4 is 0 Å². The lowest BCUT2D eigenvalue weighted by molar-refractivity contribution is 0.166. The highest BCUT2D eigenvalue weighted by Crippen LogP contribution is 2.26. The summed E-state index contributed by atoms with van der Waals surface area (Å²) in [5.74, 6) is 0.641. The number of likely N-dealkylation sites (tertiary alicyclic amines) is 1. The van der Waals surface area contributed by atoms with Gasteiger partial charge in [0.05, 0.1) is 0 Å². The molecular weight excluding hydrogens is 184 g/mol. The average Bonchev–Trinajstić information content (AvgIpc) is 2.30. The minimum absolute atomic E-state index is 0.641. The Morgan fingerprint density at radius 3 is 2.93 bits per heavy atom. The molecule has 1 aliphatic heterocycles. The monoisotopic (exact) mass is 204 g/mol. The molecule has 1 aliphatic rings. The third-order valence-electron chi connectivity index (χ3n) is 3.29. The maximum Gasteiger partial charge on any atom is 0.0447 e. The summed E-state index contributed by atoms with van der Waals surface area (Å²) in [5.41, 5.74) is 1.27. The molecule has 1 fully saturated rings. The molecule has 0 bridgehead atoms. The molecule has 2 heterocycles. The zero-order chi connectivity index (χ0) is 10.7. The second-order valence-electron chi connectivity index (χ2n) is 4.68. The van der Waals surface area contributed by atoms with E-state index in [-0.39, 0.29) is 0 Å². The van der Waals surface area contributed by atoms with Crippen LogP contribution in [0.25, 0.3) is 0 Å². The van der Waals surface area contributed by atoms with Gasteiger partial charge in [0.25, 0.3) is 0 Å². The van der Waals surface area contributed by atoms with Gasteiger partial charge in [-0.05, 0) is 45.4 Å². The highest BCUT2D eigenvalue weighted by molar-refractivity contribution is 5.10. The lowest BCUT2D eigenvalue weighted by atomic mass is 9.93. The molecule has 0 spiro atoms. The topological polar surface area (TPSA) is 16.1 Å². The Labute approximate surface area is 92.3 Å². The molecule has 2 nitrogen and oxygen atoms in total. The second kappa shape index (κ2) is 4.75. The van der Waals surface area contributed by atoms with E-state index in [0.29, 0.717) is 12.0 Å². The van der Waals surface area contributed by atoms with Crippen molar-refractivity contribution in [3.05, 3.63) is 30.1 Å². The van der Waals surface area contributed by atoms with E-state index in [1.54, 1.807) is 0 Å².